The summed E-state index contributed by atoms with van der Waals surface area (Å²) in [7, 11) is 2.94. The van der Waals surface area contributed by atoms with Crippen molar-refractivity contribution in [3.8, 4) is 17.2 Å². The maximum Gasteiger partial charge on any atom is 0.246 e. The third-order valence-corrected chi connectivity index (χ3v) is 5.13. The highest BCUT2D eigenvalue weighted by Gasteiger charge is 2.20. The Hall–Kier alpha value is -2.70. The standard InChI is InChI=1S/C22H25ClN2O4/c1-28-19-13-16(14-20(29-2)22(19)27)6-7-21(26)25-10-8-24(9-11-25)15-17-4-3-5-18(23)12-17/h3-7,12-14,27H,8-11,15H2,1-2H3/b7-6+. The molecule has 0 aliphatic carbocycles. The number of carbonyl (C=O) groups excluding carboxylic acids is 1. The monoisotopic (exact) mass is 416 g/mol. The molecular weight excluding hydrogens is 392 g/mol. The minimum Gasteiger partial charge on any atom is -0.502 e. The molecule has 0 saturated carbocycles. The summed E-state index contributed by atoms with van der Waals surface area (Å²) in [6.07, 6.45) is 3.24. The van der Waals surface area contributed by atoms with E-state index in [1.807, 2.05) is 23.1 Å². The summed E-state index contributed by atoms with van der Waals surface area (Å²) in [6, 6.07) is 11.2. The summed E-state index contributed by atoms with van der Waals surface area (Å²) in [4.78, 5) is 16.7. The molecule has 0 radical (unpaired) electrons. The number of benzene rings is 2. The molecule has 3 rings (SSSR count). The molecule has 1 aliphatic heterocycles. The van der Waals surface area contributed by atoms with Crippen molar-refractivity contribution in [2.45, 2.75) is 6.54 Å². The Morgan fingerprint density at radius 1 is 1.10 bits per heavy atom. The van der Waals surface area contributed by atoms with E-state index < -0.39 is 0 Å². The number of piperazine rings is 1. The number of carbonyl (C=O) groups is 1. The lowest BCUT2D eigenvalue weighted by atomic mass is 10.1. The molecule has 1 saturated heterocycles. The van der Waals surface area contributed by atoms with Crippen molar-refractivity contribution < 1.29 is 19.4 Å². The topological polar surface area (TPSA) is 62.2 Å². The van der Waals surface area contributed by atoms with Crippen LogP contribution in [-0.4, -0.2) is 61.2 Å². The summed E-state index contributed by atoms with van der Waals surface area (Å²) >= 11 is 6.05. The van der Waals surface area contributed by atoms with Gasteiger partial charge in [0, 0.05) is 43.8 Å². The second kappa shape index (κ2) is 9.67. The zero-order valence-electron chi connectivity index (χ0n) is 16.6. The van der Waals surface area contributed by atoms with Gasteiger partial charge in [-0.15, -0.1) is 0 Å². The van der Waals surface area contributed by atoms with Crippen molar-refractivity contribution in [1.82, 2.24) is 9.80 Å². The fraction of sp³-hybridized carbons (Fsp3) is 0.318. The molecule has 1 N–H and O–H groups in total. The zero-order chi connectivity index (χ0) is 20.8. The smallest absolute Gasteiger partial charge is 0.246 e. The number of nitrogens with zero attached hydrogens (tertiary/aromatic N) is 2. The first kappa shape index (κ1) is 21.0. The van der Waals surface area contributed by atoms with E-state index in [1.54, 1.807) is 18.2 Å². The number of amides is 1. The van der Waals surface area contributed by atoms with Crippen LogP contribution in [0.4, 0.5) is 0 Å². The van der Waals surface area contributed by atoms with Crippen LogP contribution in [0.3, 0.4) is 0 Å². The molecule has 7 heteroatoms. The van der Waals surface area contributed by atoms with Crippen LogP contribution in [0, 0.1) is 0 Å². The average molecular weight is 417 g/mol. The summed E-state index contributed by atoms with van der Waals surface area (Å²) < 4.78 is 10.3. The predicted molar refractivity (Wildman–Crippen MR) is 114 cm³/mol. The second-order valence-electron chi connectivity index (χ2n) is 6.84. The Labute approximate surface area is 175 Å². The van der Waals surface area contributed by atoms with Crippen molar-refractivity contribution in [3.05, 3.63) is 58.6 Å². The molecule has 2 aromatic rings. The second-order valence-corrected chi connectivity index (χ2v) is 7.28. The van der Waals surface area contributed by atoms with Gasteiger partial charge in [-0.25, -0.2) is 0 Å². The largest absolute Gasteiger partial charge is 0.502 e. The van der Waals surface area contributed by atoms with Crippen LogP contribution in [0.2, 0.25) is 5.02 Å². The molecule has 2 aromatic carbocycles. The summed E-state index contributed by atoms with van der Waals surface area (Å²) in [5, 5.41) is 10.7. The molecule has 0 aromatic heterocycles. The minimum absolute atomic E-state index is 0.0431. The molecule has 0 spiro atoms. The van der Waals surface area contributed by atoms with Crippen LogP contribution in [0.25, 0.3) is 6.08 Å². The van der Waals surface area contributed by atoms with E-state index in [0.29, 0.717) is 30.2 Å². The number of hydrogen-bond acceptors (Lipinski definition) is 5. The maximum absolute atomic E-state index is 12.5. The zero-order valence-corrected chi connectivity index (χ0v) is 17.4. The van der Waals surface area contributed by atoms with Gasteiger partial charge in [0.15, 0.2) is 11.5 Å². The molecule has 1 heterocycles. The van der Waals surface area contributed by atoms with Crippen LogP contribution in [0.1, 0.15) is 11.1 Å². The molecular formula is C22H25ClN2O4. The van der Waals surface area contributed by atoms with Crippen molar-refractivity contribution in [2.75, 3.05) is 40.4 Å². The van der Waals surface area contributed by atoms with Gasteiger partial charge >= 0.3 is 0 Å². The highest BCUT2D eigenvalue weighted by atomic mass is 35.5. The Balaban J connectivity index is 1.57. The van der Waals surface area contributed by atoms with Crippen LogP contribution in [0.5, 0.6) is 17.2 Å². The molecule has 1 amide bonds. The Morgan fingerprint density at radius 2 is 1.76 bits per heavy atom. The number of phenolic OH excluding ortho intramolecular Hbond substituents is 1. The fourth-order valence-corrected chi connectivity index (χ4v) is 3.52. The molecule has 6 nitrogen and oxygen atoms in total. The molecule has 1 fully saturated rings. The van der Waals surface area contributed by atoms with Gasteiger partial charge in [0.2, 0.25) is 11.7 Å². The third kappa shape index (κ3) is 5.43. The van der Waals surface area contributed by atoms with E-state index in [0.717, 1.165) is 24.7 Å². The number of hydrogen-bond donors (Lipinski definition) is 1. The number of rotatable bonds is 6. The van der Waals surface area contributed by atoms with Gasteiger partial charge in [0.05, 0.1) is 14.2 Å². The summed E-state index contributed by atoms with van der Waals surface area (Å²) in [6.45, 7) is 3.79. The van der Waals surface area contributed by atoms with Crippen molar-refractivity contribution in [3.63, 3.8) is 0 Å². The predicted octanol–water partition coefficient (Wildman–Crippen LogP) is 3.42. The van der Waals surface area contributed by atoms with Crippen LogP contribution < -0.4 is 9.47 Å². The SMILES string of the molecule is COc1cc(/C=C/C(=O)N2CCN(Cc3cccc(Cl)c3)CC2)cc(OC)c1O. The first-order valence-electron chi connectivity index (χ1n) is 9.39. The van der Waals surface area contributed by atoms with Gasteiger partial charge in [-0.05, 0) is 41.5 Å². The fourth-order valence-electron chi connectivity index (χ4n) is 3.30. The number of aromatic hydroxyl groups is 1. The number of halogens is 1. The quantitative estimate of drug-likeness (QED) is 0.731. The maximum atomic E-state index is 12.5. The molecule has 154 valence electrons. The van der Waals surface area contributed by atoms with E-state index in [9.17, 15) is 9.90 Å². The summed E-state index contributed by atoms with van der Waals surface area (Å²) in [5.74, 6) is 0.491. The average Bonchev–Trinajstić information content (AvgIpc) is 2.73. The van der Waals surface area contributed by atoms with Crippen LogP contribution in [0.15, 0.2) is 42.5 Å². The highest BCUT2D eigenvalue weighted by Crippen LogP contribution is 2.37. The lowest BCUT2D eigenvalue weighted by Crippen LogP contribution is -2.47. The van der Waals surface area contributed by atoms with Crippen molar-refractivity contribution in [2.24, 2.45) is 0 Å². The number of phenols is 1. The van der Waals surface area contributed by atoms with Crippen LogP contribution >= 0.6 is 11.6 Å². The first-order valence-corrected chi connectivity index (χ1v) is 9.76. The van der Waals surface area contributed by atoms with Gasteiger partial charge < -0.3 is 19.5 Å². The van der Waals surface area contributed by atoms with E-state index in [-0.39, 0.29) is 11.7 Å². The Kier molecular flexibility index (Phi) is 7.01. The molecule has 1 aliphatic rings. The third-order valence-electron chi connectivity index (χ3n) is 4.90. The van der Waals surface area contributed by atoms with Crippen LogP contribution in [-0.2, 0) is 11.3 Å². The van der Waals surface area contributed by atoms with Gasteiger partial charge in [-0.2, -0.15) is 0 Å². The van der Waals surface area contributed by atoms with E-state index >= 15 is 0 Å². The van der Waals surface area contributed by atoms with Gasteiger partial charge in [-0.3, -0.25) is 9.69 Å². The Morgan fingerprint density at radius 3 is 2.34 bits per heavy atom. The normalized spacial score (nSPS) is 14.9. The number of methoxy groups -OCH3 is 2. The van der Waals surface area contributed by atoms with Gasteiger partial charge in [-0.1, -0.05) is 23.7 Å². The van der Waals surface area contributed by atoms with Gasteiger partial charge in [0.1, 0.15) is 0 Å². The minimum atomic E-state index is -0.0608. The summed E-state index contributed by atoms with van der Waals surface area (Å²) in [5.41, 5.74) is 1.89. The van der Waals surface area contributed by atoms with Gasteiger partial charge in [0.25, 0.3) is 0 Å². The lowest BCUT2D eigenvalue weighted by Gasteiger charge is -2.34. The highest BCUT2D eigenvalue weighted by molar-refractivity contribution is 6.30. The van der Waals surface area contributed by atoms with E-state index in [2.05, 4.69) is 11.0 Å². The number of ether oxygens (including phenoxy) is 2. The Bertz CT molecular complexity index is 867. The molecule has 29 heavy (non-hydrogen) atoms. The molecule has 0 atom stereocenters. The first-order chi connectivity index (χ1) is 14.0. The van der Waals surface area contributed by atoms with E-state index in [4.69, 9.17) is 21.1 Å². The molecule has 0 unspecified atom stereocenters. The van der Waals surface area contributed by atoms with Crippen molar-refractivity contribution in [1.29, 1.82) is 0 Å². The van der Waals surface area contributed by atoms with Crippen molar-refractivity contribution >= 4 is 23.6 Å². The molecule has 0 bridgehead atoms. The lowest BCUT2D eigenvalue weighted by molar-refractivity contribution is -0.127. The van der Waals surface area contributed by atoms with E-state index in [1.165, 1.54) is 25.9 Å².